The Labute approximate surface area is 180 Å². The predicted molar refractivity (Wildman–Crippen MR) is 121 cm³/mol. The summed E-state index contributed by atoms with van der Waals surface area (Å²) in [5.41, 5.74) is 4.33. The fourth-order valence-electron chi connectivity index (χ4n) is 4.24. The quantitative estimate of drug-likeness (QED) is 0.791. The number of morpholine rings is 1. The largest absolute Gasteiger partial charge is 0.378 e. The second kappa shape index (κ2) is 10.6. The minimum absolute atomic E-state index is 0.0198. The van der Waals surface area contributed by atoms with E-state index in [2.05, 4.69) is 51.5 Å². The SMILES string of the molecule is O=C(NCc1ccc(N2CCOCC2)cc1)c1ccc(CN2CCCCCC2)cc1. The summed E-state index contributed by atoms with van der Waals surface area (Å²) in [5.74, 6) is -0.0198. The Kier molecular flexibility index (Phi) is 7.38. The van der Waals surface area contributed by atoms with Crippen LogP contribution in [0.3, 0.4) is 0 Å². The molecule has 2 heterocycles. The summed E-state index contributed by atoms with van der Waals surface area (Å²) < 4.78 is 5.41. The van der Waals surface area contributed by atoms with Gasteiger partial charge in [0.25, 0.3) is 5.91 Å². The Hall–Kier alpha value is -2.37. The van der Waals surface area contributed by atoms with Crippen molar-refractivity contribution in [3.63, 3.8) is 0 Å². The van der Waals surface area contributed by atoms with Crippen LogP contribution in [0, 0.1) is 0 Å². The molecule has 160 valence electrons. The number of benzene rings is 2. The highest BCUT2D eigenvalue weighted by Crippen LogP contribution is 2.17. The number of hydrogen-bond acceptors (Lipinski definition) is 4. The van der Waals surface area contributed by atoms with Crippen LogP contribution in [-0.2, 0) is 17.8 Å². The molecule has 30 heavy (non-hydrogen) atoms. The lowest BCUT2D eigenvalue weighted by molar-refractivity contribution is 0.0951. The summed E-state index contributed by atoms with van der Waals surface area (Å²) in [4.78, 5) is 17.4. The van der Waals surface area contributed by atoms with E-state index in [1.807, 2.05) is 12.1 Å². The molecule has 2 fully saturated rings. The first-order chi connectivity index (χ1) is 14.8. The third-order valence-electron chi connectivity index (χ3n) is 6.09. The molecule has 4 rings (SSSR count). The molecule has 2 aromatic carbocycles. The van der Waals surface area contributed by atoms with Crippen LogP contribution >= 0.6 is 0 Å². The number of anilines is 1. The predicted octanol–water partition coefficient (Wildman–Crippen LogP) is 3.83. The van der Waals surface area contributed by atoms with Crippen molar-refractivity contribution in [2.75, 3.05) is 44.3 Å². The van der Waals surface area contributed by atoms with Gasteiger partial charge in [-0.3, -0.25) is 9.69 Å². The molecule has 1 amide bonds. The Bertz CT molecular complexity index is 790. The third-order valence-corrected chi connectivity index (χ3v) is 6.09. The van der Waals surface area contributed by atoms with E-state index < -0.39 is 0 Å². The standard InChI is InChI=1S/C25H33N3O2/c29-25(23-9-5-22(6-10-23)20-27-13-3-1-2-4-14-27)26-19-21-7-11-24(12-8-21)28-15-17-30-18-16-28/h5-12H,1-4,13-20H2,(H,26,29). The number of amides is 1. The summed E-state index contributed by atoms with van der Waals surface area (Å²) in [5, 5.41) is 3.04. The Morgan fingerprint density at radius 2 is 1.43 bits per heavy atom. The normalized spacial score (nSPS) is 18.1. The fraction of sp³-hybridized carbons (Fsp3) is 0.480. The van der Waals surface area contributed by atoms with E-state index in [1.165, 1.54) is 50.0 Å². The highest BCUT2D eigenvalue weighted by Gasteiger charge is 2.12. The molecule has 0 unspecified atom stereocenters. The lowest BCUT2D eigenvalue weighted by atomic mass is 10.1. The second-order valence-corrected chi connectivity index (χ2v) is 8.34. The molecule has 5 nitrogen and oxygen atoms in total. The van der Waals surface area contributed by atoms with E-state index in [1.54, 1.807) is 0 Å². The van der Waals surface area contributed by atoms with Gasteiger partial charge in [-0.1, -0.05) is 37.1 Å². The number of hydrogen-bond donors (Lipinski definition) is 1. The van der Waals surface area contributed by atoms with Gasteiger partial charge in [-0.25, -0.2) is 0 Å². The lowest BCUT2D eigenvalue weighted by Crippen LogP contribution is -2.36. The molecule has 0 spiro atoms. The van der Waals surface area contributed by atoms with Crippen molar-refractivity contribution in [1.82, 2.24) is 10.2 Å². The van der Waals surface area contributed by atoms with Crippen molar-refractivity contribution < 1.29 is 9.53 Å². The first-order valence-corrected chi connectivity index (χ1v) is 11.3. The first-order valence-electron chi connectivity index (χ1n) is 11.3. The van der Waals surface area contributed by atoms with Crippen molar-refractivity contribution in [2.45, 2.75) is 38.8 Å². The van der Waals surface area contributed by atoms with Crippen LogP contribution in [0.25, 0.3) is 0 Å². The molecule has 0 radical (unpaired) electrons. The van der Waals surface area contributed by atoms with Gasteiger partial charge in [0.15, 0.2) is 0 Å². The zero-order chi connectivity index (χ0) is 20.6. The number of carbonyl (C=O) groups is 1. The molecule has 2 saturated heterocycles. The van der Waals surface area contributed by atoms with Crippen LogP contribution in [0.4, 0.5) is 5.69 Å². The minimum Gasteiger partial charge on any atom is -0.378 e. The smallest absolute Gasteiger partial charge is 0.251 e. The van der Waals surface area contributed by atoms with E-state index in [-0.39, 0.29) is 5.91 Å². The summed E-state index contributed by atoms with van der Waals surface area (Å²) >= 11 is 0. The molecule has 0 saturated carbocycles. The number of carbonyl (C=O) groups excluding carboxylic acids is 1. The van der Waals surface area contributed by atoms with Gasteiger partial charge in [-0.2, -0.15) is 0 Å². The van der Waals surface area contributed by atoms with Crippen LogP contribution in [0.2, 0.25) is 0 Å². The van der Waals surface area contributed by atoms with Gasteiger partial charge in [-0.15, -0.1) is 0 Å². The molecule has 1 N–H and O–H groups in total. The maximum atomic E-state index is 12.5. The van der Waals surface area contributed by atoms with Crippen LogP contribution in [0.5, 0.6) is 0 Å². The van der Waals surface area contributed by atoms with Gasteiger partial charge in [0.05, 0.1) is 13.2 Å². The van der Waals surface area contributed by atoms with Gasteiger partial charge in [0, 0.05) is 37.4 Å². The summed E-state index contributed by atoms with van der Waals surface area (Å²) in [6.45, 7) is 7.34. The van der Waals surface area contributed by atoms with Gasteiger partial charge < -0.3 is 15.0 Å². The average Bonchev–Trinajstić information content (AvgIpc) is 3.07. The van der Waals surface area contributed by atoms with Crippen molar-refractivity contribution in [3.05, 3.63) is 65.2 Å². The summed E-state index contributed by atoms with van der Waals surface area (Å²) in [6.07, 6.45) is 5.30. The molecule has 0 aliphatic carbocycles. The summed E-state index contributed by atoms with van der Waals surface area (Å²) in [6, 6.07) is 16.5. The zero-order valence-corrected chi connectivity index (χ0v) is 17.8. The molecular formula is C25H33N3O2. The highest BCUT2D eigenvalue weighted by atomic mass is 16.5. The third kappa shape index (κ3) is 5.83. The lowest BCUT2D eigenvalue weighted by Gasteiger charge is -2.28. The van der Waals surface area contributed by atoms with Crippen LogP contribution < -0.4 is 10.2 Å². The van der Waals surface area contributed by atoms with Gasteiger partial charge in [0.2, 0.25) is 0 Å². The van der Waals surface area contributed by atoms with Gasteiger partial charge in [0.1, 0.15) is 0 Å². The Balaban J connectivity index is 1.26. The zero-order valence-electron chi connectivity index (χ0n) is 17.8. The van der Waals surface area contributed by atoms with Crippen molar-refractivity contribution in [1.29, 1.82) is 0 Å². The molecule has 0 bridgehead atoms. The molecule has 0 atom stereocenters. The molecule has 2 aromatic rings. The first kappa shape index (κ1) is 20.9. The topological polar surface area (TPSA) is 44.8 Å². The molecule has 0 aromatic heterocycles. The molecular weight excluding hydrogens is 374 g/mol. The number of rotatable bonds is 6. The second-order valence-electron chi connectivity index (χ2n) is 8.34. The van der Waals surface area contributed by atoms with Crippen LogP contribution in [0.1, 0.15) is 47.2 Å². The van der Waals surface area contributed by atoms with Gasteiger partial charge >= 0.3 is 0 Å². The summed E-state index contributed by atoms with van der Waals surface area (Å²) in [7, 11) is 0. The van der Waals surface area contributed by atoms with E-state index in [0.717, 1.165) is 44.0 Å². The molecule has 2 aliphatic heterocycles. The van der Waals surface area contributed by atoms with Crippen molar-refractivity contribution in [3.8, 4) is 0 Å². The Morgan fingerprint density at radius 3 is 2.10 bits per heavy atom. The van der Waals surface area contributed by atoms with E-state index in [9.17, 15) is 4.79 Å². The number of ether oxygens (including phenoxy) is 1. The molecule has 2 aliphatic rings. The van der Waals surface area contributed by atoms with E-state index in [4.69, 9.17) is 4.74 Å². The van der Waals surface area contributed by atoms with Crippen molar-refractivity contribution in [2.24, 2.45) is 0 Å². The maximum Gasteiger partial charge on any atom is 0.251 e. The molecule has 5 heteroatoms. The fourth-order valence-corrected chi connectivity index (χ4v) is 4.24. The maximum absolute atomic E-state index is 12.5. The highest BCUT2D eigenvalue weighted by molar-refractivity contribution is 5.94. The number of nitrogens with one attached hydrogen (secondary N) is 1. The number of nitrogens with zero attached hydrogens (tertiary/aromatic N) is 2. The minimum atomic E-state index is -0.0198. The number of likely N-dealkylation sites (tertiary alicyclic amines) is 1. The van der Waals surface area contributed by atoms with E-state index in [0.29, 0.717) is 6.54 Å². The van der Waals surface area contributed by atoms with Gasteiger partial charge in [-0.05, 0) is 61.3 Å². The Morgan fingerprint density at radius 1 is 0.800 bits per heavy atom. The van der Waals surface area contributed by atoms with E-state index >= 15 is 0 Å². The van der Waals surface area contributed by atoms with Crippen LogP contribution in [-0.4, -0.2) is 50.2 Å². The van der Waals surface area contributed by atoms with Crippen LogP contribution in [0.15, 0.2) is 48.5 Å². The monoisotopic (exact) mass is 407 g/mol. The average molecular weight is 408 g/mol. The van der Waals surface area contributed by atoms with Crippen molar-refractivity contribution >= 4 is 11.6 Å².